The van der Waals surface area contributed by atoms with Crippen molar-refractivity contribution in [1.82, 2.24) is 5.43 Å². The van der Waals surface area contributed by atoms with Crippen molar-refractivity contribution >= 4 is 16.1 Å². The molecule has 0 aromatic heterocycles. The second-order valence-corrected chi connectivity index (χ2v) is 6.20. The van der Waals surface area contributed by atoms with Crippen LogP contribution in [0.1, 0.15) is 5.56 Å². The van der Waals surface area contributed by atoms with Crippen LogP contribution in [-0.2, 0) is 9.84 Å². The maximum absolute atomic E-state index is 11.2. The Hall–Kier alpha value is -1.40. The highest BCUT2D eigenvalue weighted by Gasteiger charge is 2.36. The molecule has 17 heavy (non-hydrogen) atoms. The largest absolute Gasteiger partial charge is 0.390 e. The van der Waals surface area contributed by atoms with Gasteiger partial charge in [0.05, 0.1) is 29.9 Å². The van der Waals surface area contributed by atoms with Crippen LogP contribution >= 0.6 is 0 Å². The van der Waals surface area contributed by atoms with Crippen LogP contribution in [-0.4, -0.2) is 43.4 Å². The number of nitrogens with one attached hydrogen (secondary N) is 1. The third kappa shape index (κ3) is 3.28. The van der Waals surface area contributed by atoms with E-state index in [1.807, 2.05) is 30.3 Å². The van der Waals surface area contributed by atoms with Crippen LogP contribution in [0.3, 0.4) is 0 Å². The minimum Gasteiger partial charge on any atom is -0.390 e. The van der Waals surface area contributed by atoms with E-state index in [0.717, 1.165) is 5.56 Å². The first kappa shape index (κ1) is 12.1. The van der Waals surface area contributed by atoms with Crippen LogP contribution in [0.15, 0.2) is 35.4 Å². The Bertz CT molecular complexity index is 499. The van der Waals surface area contributed by atoms with Crippen LogP contribution < -0.4 is 5.43 Å². The standard InChI is InChI=1S/C11H14N2O3S/c14-11-8-17(15,16)7-10(11)13-12-6-9-4-2-1-3-5-9/h1-6,10-11,13-14H,7-8H2/b12-6+/t10-,11+/m0/s1. The van der Waals surface area contributed by atoms with Gasteiger partial charge in [-0.3, -0.25) is 0 Å². The summed E-state index contributed by atoms with van der Waals surface area (Å²) >= 11 is 0. The van der Waals surface area contributed by atoms with Crippen LogP contribution in [0.2, 0.25) is 0 Å². The molecule has 0 aliphatic carbocycles. The number of aliphatic hydroxyl groups excluding tert-OH is 1. The zero-order valence-electron chi connectivity index (χ0n) is 9.15. The topological polar surface area (TPSA) is 78.8 Å². The lowest BCUT2D eigenvalue weighted by molar-refractivity contribution is 0.167. The Morgan fingerprint density at radius 2 is 2.00 bits per heavy atom. The Labute approximate surface area is 100 Å². The van der Waals surface area contributed by atoms with Crippen molar-refractivity contribution in [1.29, 1.82) is 0 Å². The summed E-state index contributed by atoms with van der Waals surface area (Å²) in [5.41, 5.74) is 3.59. The van der Waals surface area contributed by atoms with Gasteiger partial charge in [-0.15, -0.1) is 0 Å². The maximum atomic E-state index is 11.2. The summed E-state index contributed by atoms with van der Waals surface area (Å²) in [6, 6.07) is 8.92. The van der Waals surface area contributed by atoms with Gasteiger partial charge in [0.25, 0.3) is 0 Å². The summed E-state index contributed by atoms with van der Waals surface area (Å²) in [5.74, 6) is -0.258. The normalized spacial score (nSPS) is 27.4. The lowest BCUT2D eigenvalue weighted by Crippen LogP contribution is -2.35. The monoisotopic (exact) mass is 254 g/mol. The minimum absolute atomic E-state index is 0.0692. The molecular weight excluding hydrogens is 240 g/mol. The first-order valence-electron chi connectivity index (χ1n) is 5.29. The SMILES string of the molecule is O=S1(=O)C[C@@H](O)[C@@H](N/N=C/c2ccccc2)C1. The molecule has 0 spiro atoms. The first-order chi connectivity index (χ1) is 8.07. The fourth-order valence-electron chi connectivity index (χ4n) is 1.70. The van der Waals surface area contributed by atoms with Gasteiger partial charge in [-0.05, 0) is 5.56 Å². The van der Waals surface area contributed by atoms with E-state index in [2.05, 4.69) is 10.5 Å². The number of rotatable bonds is 3. The van der Waals surface area contributed by atoms with E-state index in [1.165, 1.54) is 0 Å². The van der Waals surface area contributed by atoms with E-state index in [0.29, 0.717) is 0 Å². The van der Waals surface area contributed by atoms with Crippen LogP contribution in [0.4, 0.5) is 0 Å². The number of aliphatic hydroxyl groups is 1. The van der Waals surface area contributed by atoms with Crippen molar-refractivity contribution < 1.29 is 13.5 Å². The highest BCUT2D eigenvalue weighted by molar-refractivity contribution is 7.91. The van der Waals surface area contributed by atoms with E-state index in [9.17, 15) is 13.5 Å². The molecule has 6 heteroatoms. The molecule has 0 radical (unpaired) electrons. The summed E-state index contributed by atoms with van der Waals surface area (Å²) in [5, 5.41) is 13.4. The predicted octanol–water partition coefficient (Wildman–Crippen LogP) is -0.232. The fourth-order valence-corrected chi connectivity index (χ4v) is 3.43. The van der Waals surface area contributed by atoms with E-state index in [-0.39, 0.29) is 11.5 Å². The van der Waals surface area contributed by atoms with Gasteiger partial charge >= 0.3 is 0 Å². The summed E-state index contributed by atoms with van der Waals surface area (Å²) in [7, 11) is -3.13. The lowest BCUT2D eigenvalue weighted by Gasteiger charge is -2.11. The third-order valence-electron chi connectivity index (χ3n) is 2.58. The molecule has 5 nitrogen and oxygen atoms in total. The Morgan fingerprint density at radius 1 is 1.29 bits per heavy atom. The molecule has 0 bridgehead atoms. The molecular formula is C11H14N2O3S. The van der Waals surface area contributed by atoms with E-state index in [4.69, 9.17) is 0 Å². The summed E-state index contributed by atoms with van der Waals surface area (Å²) in [6.45, 7) is 0. The molecule has 2 N–H and O–H groups in total. The third-order valence-corrected chi connectivity index (χ3v) is 4.29. The Balaban J connectivity index is 1.93. The fraction of sp³-hybridized carbons (Fsp3) is 0.364. The average molecular weight is 254 g/mol. The lowest BCUT2D eigenvalue weighted by atomic mass is 10.2. The molecule has 0 saturated carbocycles. The average Bonchev–Trinajstić information content (AvgIpc) is 2.53. The molecule has 1 aromatic carbocycles. The van der Waals surface area contributed by atoms with Crippen molar-refractivity contribution in [2.75, 3.05) is 11.5 Å². The summed E-state index contributed by atoms with van der Waals surface area (Å²) in [6.07, 6.45) is 0.713. The number of hydrogen-bond donors (Lipinski definition) is 2. The van der Waals surface area contributed by atoms with Crippen molar-refractivity contribution in [2.24, 2.45) is 5.10 Å². The van der Waals surface area contributed by atoms with Gasteiger partial charge in [0, 0.05) is 0 Å². The molecule has 1 aliphatic rings. The van der Waals surface area contributed by atoms with Crippen LogP contribution in [0.5, 0.6) is 0 Å². The zero-order chi connectivity index (χ0) is 12.3. The summed E-state index contributed by atoms with van der Waals surface area (Å²) in [4.78, 5) is 0. The Kier molecular flexibility index (Phi) is 3.44. The molecule has 2 rings (SSSR count). The molecule has 0 amide bonds. The molecule has 2 atom stereocenters. The molecule has 1 aromatic rings. The van der Waals surface area contributed by atoms with Gasteiger partial charge < -0.3 is 10.5 Å². The van der Waals surface area contributed by atoms with Gasteiger partial charge in [-0.25, -0.2) is 8.42 Å². The maximum Gasteiger partial charge on any atom is 0.155 e. The number of sulfone groups is 1. The van der Waals surface area contributed by atoms with Gasteiger partial charge in [0.2, 0.25) is 0 Å². The van der Waals surface area contributed by atoms with Crippen molar-refractivity contribution in [3.63, 3.8) is 0 Å². The van der Waals surface area contributed by atoms with Gasteiger partial charge in [0.15, 0.2) is 9.84 Å². The van der Waals surface area contributed by atoms with Crippen molar-refractivity contribution in [3.05, 3.63) is 35.9 Å². The predicted molar refractivity (Wildman–Crippen MR) is 65.6 cm³/mol. The molecule has 1 heterocycles. The molecule has 1 saturated heterocycles. The molecule has 92 valence electrons. The molecule has 1 fully saturated rings. The quantitative estimate of drug-likeness (QED) is 0.577. The highest BCUT2D eigenvalue weighted by Crippen LogP contribution is 2.12. The van der Waals surface area contributed by atoms with Crippen molar-refractivity contribution in [2.45, 2.75) is 12.1 Å². The Morgan fingerprint density at radius 3 is 2.59 bits per heavy atom. The zero-order valence-corrected chi connectivity index (χ0v) is 9.97. The van der Waals surface area contributed by atoms with Gasteiger partial charge in [-0.1, -0.05) is 30.3 Å². The smallest absolute Gasteiger partial charge is 0.155 e. The number of hydrogen-bond acceptors (Lipinski definition) is 5. The summed E-state index contributed by atoms with van der Waals surface area (Å²) < 4.78 is 22.5. The van der Waals surface area contributed by atoms with E-state index >= 15 is 0 Å². The second kappa shape index (κ2) is 4.85. The van der Waals surface area contributed by atoms with E-state index < -0.39 is 22.0 Å². The number of benzene rings is 1. The van der Waals surface area contributed by atoms with Crippen LogP contribution in [0.25, 0.3) is 0 Å². The van der Waals surface area contributed by atoms with Gasteiger partial charge in [0.1, 0.15) is 0 Å². The van der Waals surface area contributed by atoms with E-state index in [1.54, 1.807) is 6.21 Å². The molecule has 1 aliphatic heterocycles. The number of hydrazone groups is 1. The van der Waals surface area contributed by atoms with Crippen LogP contribution in [0, 0.1) is 0 Å². The minimum atomic E-state index is -3.13. The molecule has 0 unspecified atom stereocenters. The van der Waals surface area contributed by atoms with Crippen molar-refractivity contribution in [3.8, 4) is 0 Å². The highest BCUT2D eigenvalue weighted by atomic mass is 32.2. The number of nitrogens with zero attached hydrogens (tertiary/aromatic N) is 1. The first-order valence-corrected chi connectivity index (χ1v) is 7.11. The second-order valence-electron chi connectivity index (χ2n) is 4.05. The van der Waals surface area contributed by atoms with Gasteiger partial charge in [-0.2, -0.15) is 5.10 Å².